The van der Waals surface area contributed by atoms with Crippen molar-refractivity contribution in [1.29, 1.82) is 0 Å². The van der Waals surface area contributed by atoms with E-state index in [1.807, 2.05) is 13.8 Å². The van der Waals surface area contributed by atoms with Crippen LogP contribution < -0.4 is 11.1 Å². The van der Waals surface area contributed by atoms with E-state index in [4.69, 9.17) is 22.7 Å². The first-order valence-corrected chi connectivity index (χ1v) is 5.84. The number of hydrogen-bond donors (Lipinski definition) is 2. The Morgan fingerprint density at radius 2 is 2.22 bits per heavy atom. The van der Waals surface area contributed by atoms with Crippen molar-refractivity contribution in [2.45, 2.75) is 13.8 Å². The van der Waals surface area contributed by atoms with E-state index in [9.17, 15) is 9.18 Å². The SMILES string of the molecule is CC(C)COC(=O)Nc1ccc(C(N)=S)cc1F. The fourth-order valence-corrected chi connectivity index (χ4v) is 1.29. The summed E-state index contributed by atoms with van der Waals surface area (Å²) in [4.78, 5) is 11.4. The molecule has 1 aromatic carbocycles. The van der Waals surface area contributed by atoms with Crippen LogP contribution in [0.25, 0.3) is 0 Å². The first-order chi connectivity index (χ1) is 8.40. The minimum Gasteiger partial charge on any atom is -0.449 e. The van der Waals surface area contributed by atoms with Gasteiger partial charge in [-0.05, 0) is 24.1 Å². The number of thiocarbonyl (C=S) groups is 1. The van der Waals surface area contributed by atoms with E-state index in [2.05, 4.69) is 5.32 Å². The Morgan fingerprint density at radius 1 is 1.56 bits per heavy atom. The van der Waals surface area contributed by atoms with Crippen molar-refractivity contribution in [2.24, 2.45) is 11.7 Å². The van der Waals surface area contributed by atoms with Gasteiger partial charge in [0.15, 0.2) is 0 Å². The zero-order valence-electron chi connectivity index (χ0n) is 10.2. The van der Waals surface area contributed by atoms with Crippen LogP contribution >= 0.6 is 12.2 Å². The van der Waals surface area contributed by atoms with Crippen LogP contribution in [-0.4, -0.2) is 17.7 Å². The van der Waals surface area contributed by atoms with E-state index < -0.39 is 11.9 Å². The van der Waals surface area contributed by atoms with Gasteiger partial charge in [-0.15, -0.1) is 0 Å². The Labute approximate surface area is 110 Å². The molecule has 0 saturated carbocycles. The van der Waals surface area contributed by atoms with Gasteiger partial charge in [-0.2, -0.15) is 0 Å². The van der Waals surface area contributed by atoms with Crippen molar-refractivity contribution in [3.05, 3.63) is 29.6 Å². The topological polar surface area (TPSA) is 64.3 Å². The number of carbonyl (C=O) groups excluding carboxylic acids is 1. The average molecular weight is 270 g/mol. The number of carbonyl (C=O) groups is 1. The molecule has 3 N–H and O–H groups in total. The van der Waals surface area contributed by atoms with Gasteiger partial charge >= 0.3 is 6.09 Å². The van der Waals surface area contributed by atoms with E-state index in [1.165, 1.54) is 18.2 Å². The quantitative estimate of drug-likeness (QED) is 0.826. The first-order valence-electron chi connectivity index (χ1n) is 5.43. The second-order valence-electron chi connectivity index (χ2n) is 4.18. The predicted octanol–water partition coefficient (Wildman–Crippen LogP) is 2.66. The number of nitrogens with two attached hydrogens (primary N) is 1. The summed E-state index contributed by atoms with van der Waals surface area (Å²) in [6, 6.07) is 4.09. The van der Waals surface area contributed by atoms with Gasteiger partial charge in [0.05, 0.1) is 12.3 Å². The highest BCUT2D eigenvalue weighted by Gasteiger charge is 2.10. The number of amides is 1. The van der Waals surface area contributed by atoms with E-state index >= 15 is 0 Å². The Balaban J connectivity index is 2.68. The largest absolute Gasteiger partial charge is 0.449 e. The number of anilines is 1. The molecule has 0 heterocycles. The van der Waals surface area contributed by atoms with Crippen LogP contribution in [0.5, 0.6) is 0 Å². The van der Waals surface area contributed by atoms with Crippen LogP contribution in [-0.2, 0) is 4.74 Å². The highest BCUT2D eigenvalue weighted by molar-refractivity contribution is 7.80. The molecule has 0 unspecified atom stereocenters. The van der Waals surface area contributed by atoms with Crippen LogP contribution in [0, 0.1) is 11.7 Å². The minimum atomic E-state index is -0.689. The molecule has 0 aliphatic rings. The third-order valence-electron chi connectivity index (χ3n) is 2.04. The maximum absolute atomic E-state index is 13.6. The summed E-state index contributed by atoms with van der Waals surface area (Å²) in [5.41, 5.74) is 5.81. The number of hydrogen-bond acceptors (Lipinski definition) is 3. The Bertz CT molecular complexity index is 463. The highest BCUT2D eigenvalue weighted by Crippen LogP contribution is 2.16. The van der Waals surface area contributed by atoms with Gasteiger partial charge in [-0.25, -0.2) is 9.18 Å². The molecular formula is C12H15FN2O2S. The van der Waals surface area contributed by atoms with Crippen molar-refractivity contribution >= 4 is 29.0 Å². The average Bonchev–Trinajstić information content (AvgIpc) is 2.29. The summed E-state index contributed by atoms with van der Waals surface area (Å²) in [6.07, 6.45) is -0.689. The smallest absolute Gasteiger partial charge is 0.411 e. The van der Waals surface area contributed by atoms with E-state index in [0.29, 0.717) is 5.56 Å². The molecule has 0 fully saturated rings. The molecule has 18 heavy (non-hydrogen) atoms. The summed E-state index contributed by atoms with van der Waals surface area (Å²) < 4.78 is 18.5. The van der Waals surface area contributed by atoms with Crippen LogP contribution in [0.4, 0.5) is 14.9 Å². The Morgan fingerprint density at radius 3 is 2.72 bits per heavy atom. The third-order valence-corrected chi connectivity index (χ3v) is 2.27. The van der Waals surface area contributed by atoms with Gasteiger partial charge in [0.1, 0.15) is 10.8 Å². The van der Waals surface area contributed by atoms with Gasteiger partial charge in [-0.3, -0.25) is 5.32 Å². The van der Waals surface area contributed by atoms with E-state index in [-0.39, 0.29) is 23.2 Å². The molecule has 6 heteroatoms. The third kappa shape index (κ3) is 4.29. The molecule has 4 nitrogen and oxygen atoms in total. The standard InChI is InChI=1S/C12H15FN2O2S/c1-7(2)6-17-12(16)15-10-4-3-8(11(14)18)5-9(10)13/h3-5,7H,6H2,1-2H3,(H2,14,18)(H,15,16). The lowest BCUT2D eigenvalue weighted by Crippen LogP contribution is -2.17. The van der Waals surface area contributed by atoms with Crippen molar-refractivity contribution in [3.8, 4) is 0 Å². The molecule has 0 aromatic heterocycles. The molecule has 0 aliphatic carbocycles. The molecule has 0 spiro atoms. The summed E-state index contributed by atoms with van der Waals surface area (Å²) in [6.45, 7) is 4.09. The zero-order valence-corrected chi connectivity index (χ0v) is 11.0. The molecule has 0 radical (unpaired) electrons. The van der Waals surface area contributed by atoms with Crippen molar-refractivity contribution in [3.63, 3.8) is 0 Å². The second-order valence-corrected chi connectivity index (χ2v) is 4.62. The lowest BCUT2D eigenvalue weighted by molar-refractivity contribution is 0.147. The maximum Gasteiger partial charge on any atom is 0.411 e. The van der Waals surface area contributed by atoms with Gasteiger partial charge in [0, 0.05) is 5.56 Å². The lowest BCUT2D eigenvalue weighted by Gasteiger charge is -2.10. The van der Waals surface area contributed by atoms with Gasteiger partial charge in [0.25, 0.3) is 0 Å². The number of rotatable bonds is 4. The molecule has 1 rings (SSSR count). The second kappa shape index (κ2) is 6.30. The normalized spacial score (nSPS) is 10.2. The van der Waals surface area contributed by atoms with Crippen LogP contribution in [0.2, 0.25) is 0 Å². The molecule has 1 aromatic rings. The fourth-order valence-electron chi connectivity index (χ4n) is 1.16. The van der Waals surface area contributed by atoms with Crippen LogP contribution in [0.15, 0.2) is 18.2 Å². The summed E-state index contributed by atoms with van der Waals surface area (Å²) in [5, 5.41) is 2.31. The monoisotopic (exact) mass is 270 g/mol. The molecular weight excluding hydrogens is 255 g/mol. The fraction of sp³-hybridized carbons (Fsp3) is 0.333. The zero-order chi connectivity index (χ0) is 13.7. The Hall–Kier alpha value is -1.69. The number of nitrogens with one attached hydrogen (secondary N) is 1. The van der Waals surface area contributed by atoms with E-state index in [1.54, 1.807) is 0 Å². The van der Waals surface area contributed by atoms with Crippen molar-refractivity contribution in [1.82, 2.24) is 0 Å². The summed E-state index contributed by atoms with van der Waals surface area (Å²) in [7, 11) is 0. The molecule has 0 atom stereocenters. The van der Waals surface area contributed by atoms with Crippen molar-refractivity contribution < 1.29 is 13.9 Å². The van der Waals surface area contributed by atoms with Gasteiger partial charge in [0.2, 0.25) is 0 Å². The predicted molar refractivity (Wildman–Crippen MR) is 72.1 cm³/mol. The molecule has 0 aliphatic heterocycles. The molecule has 0 bridgehead atoms. The number of ether oxygens (including phenoxy) is 1. The maximum atomic E-state index is 13.6. The summed E-state index contributed by atoms with van der Waals surface area (Å²) in [5.74, 6) is -0.389. The number of benzene rings is 1. The van der Waals surface area contributed by atoms with Gasteiger partial charge in [-0.1, -0.05) is 26.1 Å². The Kier molecular flexibility index (Phi) is 5.03. The van der Waals surface area contributed by atoms with Crippen LogP contribution in [0.3, 0.4) is 0 Å². The first kappa shape index (κ1) is 14.4. The minimum absolute atomic E-state index is 0.0313. The van der Waals surface area contributed by atoms with Crippen molar-refractivity contribution in [2.75, 3.05) is 11.9 Å². The van der Waals surface area contributed by atoms with E-state index in [0.717, 1.165) is 0 Å². The lowest BCUT2D eigenvalue weighted by atomic mass is 10.2. The van der Waals surface area contributed by atoms with Crippen LogP contribution in [0.1, 0.15) is 19.4 Å². The summed E-state index contributed by atoms with van der Waals surface area (Å²) >= 11 is 4.72. The highest BCUT2D eigenvalue weighted by atomic mass is 32.1. The number of halogens is 1. The molecule has 1 amide bonds. The molecule has 0 saturated heterocycles. The van der Waals surface area contributed by atoms with Gasteiger partial charge < -0.3 is 10.5 Å². The molecule has 98 valence electrons.